The molecule has 0 aliphatic carbocycles. The number of piperidine rings is 1. The monoisotopic (exact) mass is 298 g/mol. The Morgan fingerprint density at radius 1 is 1.45 bits per heavy atom. The van der Waals surface area contributed by atoms with E-state index >= 15 is 0 Å². The van der Waals surface area contributed by atoms with Crippen molar-refractivity contribution in [2.45, 2.75) is 30.7 Å². The maximum Gasteiger partial charge on any atom is 0.322 e. The number of rotatable bonds is 3. The van der Waals surface area contributed by atoms with Gasteiger partial charge in [-0.15, -0.1) is 0 Å². The molecule has 0 radical (unpaired) electrons. The first-order valence-corrected chi connectivity index (χ1v) is 7.88. The minimum Gasteiger partial charge on any atom is -0.480 e. The third-order valence-electron chi connectivity index (χ3n) is 3.60. The van der Waals surface area contributed by atoms with Crippen LogP contribution in [-0.2, 0) is 14.8 Å². The van der Waals surface area contributed by atoms with E-state index in [9.17, 15) is 18.3 Å². The first-order valence-electron chi connectivity index (χ1n) is 6.44. The molecule has 1 fully saturated rings. The fourth-order valence-electron chi connectivity index (χ4n) is 2.60. The van der Waals surface area contributed by atoms with E-state index in [1.165, 1.54) is 12.1 Å². The van der Waals surface area contributed by atoms with Crippen LogP contribution in [0.15, 0.2) is 29.2 Å². The molecule has 110 valence electrons. The molecule has 0 spiro atoms. The summed E-state index contributed by atoms with van der Waals surface area (Å²) in [4.78, 5) is 11.4. The average molecular weight is 298 g/mol. The first-order chi connectivity index (χ1) is 9.34. The van der Waals surface area contributed by atoms with E-state index in [1.807, 2.05) is 0 Å². The number of nitrogens with two attached hydrogens (primary N) is 1. The second kappa shape index (κ2) is 5.41. The van der Waals surface area contributed by atoms with Gasteiger partial charge in [0.1, 0.15) is 6.04 Å². The molecule has 0 aromatic heterocycles. The van der Waals surface area contributed by atoms with Crippen LogP contribution in [0.4, 0.5) is 5.69 Å². The van der Waals surface area contributed by atoms with Crippen LogP contribution in [0.25, 0.3) is 0 Å². The van der Waals surface area contributed by atoms with Crippen LogP contribution in [0, 0.1) is 5.92 Å². The van der Waals surface area contributed by atoms with Crippen molar-refractivity contribution in [2.75, 3.05) is 12.3 Å². The molecule has 3 N–H and O–H groups in total. The molecule has 0 bridgehead atoms. The Labute approximate surface area is 118 Å². The van der Waals surface area contributed by atoms with Gasteiger partial charge in [0.05, 0.1) is 4.90 Å². The normalized spacial score (nSPS) is 24.4. The Morgan fingerprint density at radius 2 is 2.15 bits per heavy atom. The third-order valence-corrected chi connectivity index (χ3v) is 5.48. The zero-order valence-electron chi connectivity index (χ0n) is 11.2. The molecule has 7 heteroatoms. The number of nitrogens with zero attached hydrogens (tertiary/aromatic N) is 1. The molecule has 20 heavy (non-hydrogen) atoms. The maximum absolute atomic E-state index is 12.6. The average Bonchev–Trinajstić information content (AvgIpc) is 2.38. The molecular weight excluding hydrogens is 280 g/mol. The van der Waals surface area contributed by atoms with Gasteiger partial charge in [-0.3, -0.25) is 4.79 Å². The van der Waals surface area contributed by atoms with Crippen molar-refractivity contribution in [1.82, 2.24) is 4.31 Å². The molecule has 1 aromatic carbocycles. The fraction of sp³-hybridized carbons (Fsp3) is 0.462. The van der Waals surface area contributed by atoms with Crippen LogP contribution in [0.5, 0.6) is 0 Å². The van der Waals surface area contributed by atoms with Gasteiger partial charge in [-0.1, -0.05) is 13.0 Å². The standard InChI is InChI=1S/C13H18N2O4S/c1-9-4-3-7-15(12(9)13(16)17)20(18,19)11-6-2-5-10(14)8-11/h2,5-6,8-9,12H,3-4,7,14H2,1H3,(H,16,17). The molecule has 1 aromatic rings. The topological polar surface area (TPSA) is 101 Å². The highest BCUT2D eigenvalue weighted by Gasteiger charge is 2.41. The molecule has 1 aliphatic heterocycles. The fourth-order valence-corrected chi connectivity index (χ4v) is 4.37. The molecule has 2 unspecified atom stereocenters. The van der Waals surface area contributed by atoms with Gasteiger partial charge in [0, 0.05) is 12.2 Å². The number of benzene rings is 1. The second-order valence-corrected chi connectivity index (χ2v) is 6.98. The Balaban J connectivity index is 2.44. The highest BCUT2D eigenvalue weighted by Crippen LogP contribution is 2.29. The summed E-state index contributed by atoms with van der Waals surface area (Å²) in [7, 11) is -3.84. The number of carbonyl (C=O) groups is 1. The van der Waals surface area contributed by atoms with E-state index in [-0.39, 0.29) is 17.4 Å². The van der Waals surface area contributed by atoms with Crippen LogP contribution in [0.1, 0.15) is 19.8 Å². The molecule has 1 heterocycles. The largest absolute Gasteiger partial charge is 0.480 e. The minimum absolute atomic E-state index is 0.0397. The van der Waals surface area contributed by atoms with E-state index in [0.29, 0.717) is 18.5 Å². The summed E-state index contributed by atoms with van der Waals surface area (Å²) >= 11 is 0. The number of hydrogen-bond acceptors (Lipinski definition) is 4. The minimum atomic E-state index is -3.84. The van der Waals surface area contributed by atoms with Crippen molar-refractivity contribution in [2.24, 2.45) is 5.92 Å². The smallest absolute Gasteiger partial charge is 0.322 e. The van der Waals surface area contributed by atoms with Crippen LogP contribution < -0.4 is 5.73 Å². The van der Waals surface area contributed by atoms with Gasteiger partial charge in [0.25, 0.3) is 0 Å². The maximum atomic E-state index is 12.6. The van der Waals surface area contributed by atoms with Gasteiger partial charge in [-0.2, -0.15) is 4.31 Å². The highest BCUT2D eigenvalue weighted by molar-refractivity contribution is 7.89. The van der Waals surface area contributed by atoms with E-state index in [2.05, 4.69) is 0 Å². The van der Waals surface area contributed by atoms with Crippen molar-refractivity contribution < 1.29 is 18.3 Å². The number of sulfonamides is 1. The van der Waals surface area contributed by atoms with Crippen molar-refractivity contribution in [3.63, 3.8) is 0 Å². The highest BCUT2D eigenvalue weighted by atomic mass is 32.2. The molecule has 0 amide bonds. The van der Waals surface area contributed by atoms with Gasteiger partial charge in [-0.05, 0) is 37.0 Å². The predicted octanol–water partition coefficient (Wildman–Crippen LogP) is 1.14. The summed E-state index contributed by atoms with van der Waals surface area (Å²) in [5.41, 5.74) is 5.94. The lowest BCUT2D eigenvalue weighted by Gasteiger charge is -2.36. The molecule has 1 aliphatic rings. The Hall–Kier alpha value is -1.60. The molecular formula is C13H18N2O4S. The SMILES string of the molecule is CC1CCCN(S(=O)(=O)c2cccc(N)c2)C1C(=O)O. The zero-order valence-corrected chi connectivity index (χ0v) is 12.0. The Kier molecular flexibility index (Phi) is 4.01. The van der Waals surface area contributed by atoms with E-state index in [4.69, 9.17) is 5.73 Å². The van der Waals surface area contributed by atoms with Crippen molar-refractivity contribution >= 4 is 21.7 Å². The van der Waals surface area contributed by atoms with Crippen molar-refractivity contribution in [3.05, 3.63) is 24.3 Å². The Morgan fingerprint density at radius 3 is 2.75 bits per heavy atom. The molecule has 0 saturated carbocycles. The Bertz CT molecular complexity index is 615. The summed E-state index contributed by atoms with van der Waals surface area (Å²) in [5.74, 6) is -1.32. The number of nitrogen functional groups attached to an aromatic ring is 1. The first kappa shape index (κ1) is 14.8. The molecule has 2 rings (SSSR count). The number of aliphatic carboxylic acids is 1. The van der Waals surface area contributed by atoms with Crippen LogP contribution >= 0.6 is 0 Å². The number of hydrogen-bond donors (Lipinski definition) is 2. The van der Waals surface area contributed by atoms with Crippen molar-refractivity contribution in [3.8, 4) is 0 Å². The lowest BCUT2D eigenvalue weighted by Crippen LogP contribution is -2.51. The molecule has 1 saturated heterocycles. The quantitative estimate of drug-likeness (QED) is 0.815. The summed E-state index contributed by atoms with van der Waals surface area (Å²) in [6.45, 7) is 1.98. The van der Waals surface area contributed by atoms with Crippen LogP contribution in [-0.4, -0.2) is 36.4 Å². The summed E-state index contributed by atoms with van der Waals surface area (Å²) < 4.78 is 26.3. The van der Waals surface area contributed by atoms with Gasteiger partial charge in [0.15, 0.2) is 0 Å². The van der Waals surface area contributed by atoms with Gasteiger partial charge in [-0.25, -0.2) is 8.42 Å². The van der Waals surface area contributed by atoms with Crippen LogP contribution in [0.3, 0.4) is 0 Å². The zero-order chi connectivity index (χ0) is 14.9. The van der Waals surface area contributed by atoms with E-state index < -0.39 is 22.0 Å². The lowest BCUT2D eigenvalue weighted by atomic mass is 9.93. The number of carboxylic acid groups (broad SMARTS) is 1. The summed E-state index contributed by atoms with van der Waals surface area (Å²) in [6, 6.07) is 4.91. The predicted molar refractivity (Wildman–Crippen MR) is 74.6 cm³/mol. The molecule has 2 atom stereocenters. The number of anilines is 1. The summed E-state index contributed by atoms with van der Waals surface area (Å²) in [6.07, 6.45) is 1.37. The van der Waals surface area contributed by atoms with Crippen LogP contribution in [0.2, 0.25) is 0 Å². The van der Waals surface area contributed by atoms with Gasteiger partial charge >= 0.3 is 5.97 Å². The van der Waals surface area contributed by atoms with E-state index in [0.717, 1.165) is 4.31 Å². The third kappa shape index (κ3) is 2.64. The lowest BCUT2D eigenvalue weighted by molar-refractivity contribution is -0.144. The number of carboxylic acids is 1. The van der Waals surface area contributed by atoms with Gasteiger partial charge in [0.2, 0.25) is 10.0 Å². The van der Waals surface area contributed by atoms with Crippen molar-refractivity contribution in [1.29, 1.82) is 0 Å². The molecule has 6 nitrogen and oxygen atoms in total. The van der Waals surface area contributed by atoms with E-state index in [1.54, 1.807) is 19.1 Å². The van der Waals surface area contributed by atoms with Gasteiger partial charge < -0.3 is 10.8 Å². The summed E-state index contributed by atoms with van der Waals surface area (Å²) in [5, 5.41) is 9.31. The second-order valence-electron chi connectivity index (χ2n) is 5.09.